The minimum atomic E-state index is -0.146. The molecule has 0 spiro atoms. The second-order valence-electron chi connectivity index (χ2n) is 6.62. The fraction of sp³-hybridized carbons (Fsp3) is 0.733. The number of aromatic nitrogens is 1. The van der Waals surface area contributed by atoms with Crippen LogP contribution in [0.15, 0.2) is 0 Å². The van der Waals surface area contributed by atoms with Crippen LogP contribution in [-0.4, -0.2) is 22.9 Å². The molecule has 0 aromatic carbocycles. The first kappa shape index (κ1) is 16.1. The van der Waals surface area contributed by atoms with Gasteiger partial charge >= 0.3 is 0 Å². The van der Waals surface area contributed by atoms with E-state index in [-0.39, 0.29) is 11.9 Å². The van der Waals surface area contributed by atoms with Gasteiger partial charge in [-0.15, -0.1) is 0 Å². The van der Waals surface area contributed by atoms with Crippen LogP contribution in [0.4, 0.5) is 10.8 Å². The van der Waals surface area contributed by atoms with Crippen LogP contribution in [-0.2, 0) is 0 Å². The predicted molar refractivity (Wildman–Crippen MR) is 88.8 cm³/mol. The van der Waals surface area contributed by atoms with Gasteiger partial charge in [0.1, 0.15) is 10.6 Å². The number of hydrogen-bond acceptors (Lipinski definition) is 5. The lowest BCUT2D eigenvalue weighted by molar-refractivity contribution is 0.0945. The van der Waals surface area contributed by atoms with Crippen molar-refractivity contribution in [2.24, 2.45) is 5.41 Å². The Bertz CT molecular complexity index is 492. The molecule has 1 heterocycles. The summed E-state index contributed by atoms with van der Waals surface area (Å²) in [7, 11) is 0. The molecule has 1 amide bonds. The largest absolute Gasteiger partial charge is 0.382 e. The zero-order chi connectivity index (χ0) is 15.5. The van der Waals surface area contributed by atoms with Gasteiger partial charge in [-0.1, -0.05) is 26.2 Å². The van der Waals surface area contributed by atoms with E-state index >= 15 is 0 Å². The summed E-state index contributed by atoms with van der Waals surface area (Å²) in [6.07, 6.45) is 6.40. The summed E-state index contributed by atoms with van der Waals surface area (Å²) in [5.41, 5.74) is 6.66. The third-order valence-electron chi connectivity index (χ3n) is 4.10. The molecule has 21 heavy (non-hydrogen) atoms. The molecule has 118 valence electrons. The van der Waals surface area contributed by atoms with Crippen molar-refractivity contribution in [1.82, 2.24) is 9.69 Å². The van der Waals surface area contributed by atoms with Gasteiger partial charge in [0.2, 0.25) is 0 Å². The first-order valence-electron chi connectivity index (χ1n) is 7.71. The molecule has 0 unspecified atom stereocenters. The molecule has 0 saturated heterocycles. The van der Waals surface area contributed by atoms with E-state index in [9.17, 15) is 4.79 Å². The third-order valence-corrected chi connectivity index (χ3v) is 4.92. The highest BCUT2D eigenvalue weighted by Gasteiger charge is 2.28. The van der Waals surface area contributed by atoms with E-state index in [1.54, 1.807) is 0 Å². The Morgan fingerprint density at radius 2 is 2.05 bits per heavy atom. The standard InChI is InChI=1S/C15H26N4OS/c1-10(2)18-13(20)11-12(16)19-21-14(11)17-9-15(3)7-5-4-6-8-15/h10,17H,4-9H2,1-3H3,(H2,16,19)(H,18,20). The maximum absolute atomic E-state index is 12.2. The molecule has 2 rings (SSSR count). The summed E-state index contributed by atoms with van der Waals surface area (Å²) < 4.78 is 4.13. The lowest BCUT2D eigenvalue weighted by Crippen LogP contribution is -2.32. The number of nitrogens with one attached hydrogen (secondary N) is 2. The number of nitrogens with zero attached hydrogens (tertiary/aromatic N) is 1. The molecular formula is C15H26N4OS. The monoisotopic (exact) mass is 310 g/mol. The van der Waals surface area contributed by atoms with Gasteiger partial charge < -0.3 is 16.4 Å². The van der Waals surface area contributed by atoms with Gasteiger partial charge in [-0.05, 0) is 43.6 Å². The maximum atomic E-state index is 12.2. The first-order chi connectivity index (χ1) is 9.91. The van der Waals surface area contributed by atoms with Crippen LogP contribution in [0.5, 0.6) is 0 Å². The van der Waals surface area contributed by atoms with Crippen molar-refractivity contribution >= 4 is 28.3 Å². The number of hydrogen-bond donors (Lipinski definition) is 3. The summed E-state index contributed by atoms with van der Waals surface area (Å²) >= 11 is 1.27. The lowest BCUT2D eigenvalue weighted by Gasteiger charge is -2.33. The van der Waals surface area contributed by atoms with Crippen LogP contribution in [0.25, 0.3) is 0 Å². The second kappa shape index (κ2) is 6.64. The minimum absolute atomic E-state index is 0.0838. The number of carbonyl (C=O) groups is 1. The number of nitrogen functional groups attached to an aromatic ring is 1. The quantitative estimate of drug-likeness (QED) is 0.780. The highest BCUT2D eigenvalue weighted by atomic mass is 32.1. The van der Waals surface area contributed by atoms with E-state index < -0.39 is 0 Å². The van der Waals surface area contributed by atoms with Crippen molar-refractivity contribution in [3.63, 3.8) is 0 Å². The third kappa shape index (κ3) is 4.09. The summed E-state index contributed by atoms with van der Waals surface area (Å²) in [4.78, 5) is 12.2. The van der Waals surface area contributed by atoms with Gasteiger partial charge in [-0.3, -0.25) is 4.79 Å². The molecule has 1 fully saturated rings. The zero-order valence-corrected chi connectivity index (χ0v) is 14.0. The molecular weight excluding hydrogens is 284 g/mol. The molecule has 0 atom stereocenters. The molecule has 1 aromatic rings. The SMILES string of the molecule is CC(C)NC(=O)c1c(N)nsc1NCC1(C)CCCCC1. The smallest absolute Gasteiger partial charge is 0.258 e. The van der Waals surface area contributed by atoms with Gasteiger partial charge in [0.05, 0.1) is 0 Å². The van der Waals surface area contributed by atoms with Gasteiger partial charge in [-0.2, -0.15) is 4.37 Å². The van der Waals surface area contributed by atoms with Gasteiger partial charge in [0.25, 0.3) is 5.91 Å². The molecule has 5 nitrogen and oxygen atoms in total. The molecule has 0 radical (unpaired) electrons. The number of carbonyl (C=O) groups excluding carboxylic acids is 1. The molecule has 1 aromatic heterocycles. The first-order valence-corrected chi connectivity index (χ1v) is 8.48. The van der Waals surface area contributed by atoms with E-state index in [0.29, 0.717) is 16.8 Å². The zero-order valence-electron chi connectivity index (χ0n) is 13.2. The number of amides is 1. The second-order valence-corrected chi connectivity index (χ2v) is 7.40. The van der Waals surface area contributed by atoms with Crippen LogP contribution >= 0.6 is 11.5 Å². The number of anilines is 2. The van der Waals surface area contributed by atoms with Gasteiger partial charge in [-0.25, -0.2) is 0 Å². The summed E-state index contributed by atoms with van der Waals surface area (Å²) in [6, 6.07) is 0.0838. The van der Waals surface area contributed by atoms with Gasteiger partial charge in [0.15, 0.2) is 5.82 Å². The van der Waals surface area contributed by atoms with E-state index in [2.05, 4.69) is 21.9 Å². The van der Waals surface area contributed by atoms with Crippen molar-refractivity contribution in [3.8, 4) is 0 Å². The normalized spacial score (nSPS) is 17.7. The van der Waals surface area contributed by atoms with Crippen molar-refractivity contribution in [1.29, 1.82) is 0 Å². The lowest BCUT2D eigenvalue weighted by atomic mass is 9.76. The van der Waals surface area contributed by atoms with Crippen molar-refractivity contribution < 1.29 is 4.79 Å². The number of nitrogens with two attached hydrogens (primary N) is 1. The van der Waals surface area contributed by atoms with Crippen LogP contribution in [0.1, 0.15) is 63.2 Å². The van der Waals surface area contributed by atoms with E-state index in [0.717, 1.165) is 11.5 Å². The van der Waals surface area contributed by atoms with Crippen LogP contribution in [0.3, 0.4) is 0 Å². The Labute approximate surface area is 130 Å². The molecule has 4 N–H and O–H groups in total. The Balaban J connectivity index is 2.05. The molecule has 0 bridgehead atoms. The Hall–Kier alpha value is -1.30. The van der Waals surface area contributed by atoms with Crippen molar-refractivity contribution in [3.05, 3.63) is 5.56 Å². The fourth-order valence-corrected chi connectivity index (χ4v) is 3.56. The maximum Gasteiger partial charge on any atom is 0.258 e. The highest BCUT2D eigenvalue weighted by molar-refractivity contribution is 7.11. The van der Waals surface area contributed by atoms with E-state index in [4.69, 9.17) is 5.73 Å². The van der Waals surface area contributed by atoms with Crippen LogP contribution in [0, 0.1) is 5.41 Å². The topological polar surface area (TPSA) is 80.0 Å². The fourth-order valence-electron chi connectivity index (χ4n) is 2.85. The van der Waals surface area contributed by atoms with Crippen LogP contribution < -0.4 is 16.4 Å². The average molecular weight is 310 g/mol. The predicted octanol–water partition coefficient (Wildman–Crippen LogP) is 3.25. The van der Waals surface area contributed by atoms with Crippen LogP contribution in [0.2, 0.25) is 0 Å². The Morgan fingerprint density at radius 3 is 2.67 bits per heavy atom. The van der Waals surface area contributed by atoms with E-state index in [1.165, 1.54) is 43.6 Å². The van der Waals surface area contributed by atoms with E-state index in [1.807, 2.05) is 13.8 Å². The van der Waals surface area contributed by atoms with Crippen molar-refractivity contribution in [2.75, 3.05) is 17.6 Å². The molecule has 1 aliphatic carbocycles. The summed E-state index contributed by atoms with van der Waals surface area (Å²) in [6.45, 7) is 7.06. The molecule has 1 aliphatic rings. The van der Waals surface area contributed by atoms with Crippen molar-refractivity contribution in [2.45, 2.75) is 58.9 Å². The Morgan fingerprint density at radius 1 is 1.38 bits per heavy atom. The summed E-state index contributed by atoms with van der Waals surface area (Å²) in [5, 5.41) is 7.08. The summed E-state index contributed by atoms with van der Waals surface area (Å²) in [5.74, 6) is 0.169. The number of rotatable bonds is 5. The molecule has 0 aliphatic heterocycles. The molecule has 1 saturated carbocycles. The highest BCUT2D eigenvalue weighted by Crippen LogP contribution is 2.37. The molecule has 6 heteroatoms. The Kier molecular flexibility index (Phi) is 5.08. The minimum Gasteiger partial charge on any atom is -0.382 e. The average Bonchev–Trinajstić information content (AvgIpc) is 2.78. The van der Waals surface area contributed by atoms with Gasteiger partial charge in [0, 0.05) is 12.6 Å².